The molecule has 28 heavy (non-hydrogen) atoms. The predicted octanol–water partition coefficient (Wildman–Crippen LogP) is 5.03. The van der Waals surface area contributed by atoms with E-state index in [1.54, 1.807) is 6.21 Å². The Balaban J connectivity index is 1.69. The van der Waals surface area contributed by atoms with Gasteiger partial charge in [-0.2, -0.15) is 5.10 Å². The van der Waals surface area contributed by atoms with Crippen molar-refractivity contribution in [3.63, 3.8) is 0 Å². The summed E-state index contributed by atoms with van der Waals surface area (Å²) in [5.74, 6) is -0.113. The Labute approximate surface area is 170 Å². The first-order valence-electron chi connectivity index (χ1n) is 9.27. The van der Waals surface area contributed by atoms with Crippen LogP contribution in [-0.4, -0.2) is 21.9 Å². The van der Waals surface area contributed by atoms with E-state index in [0.717, 1.165) is 27.5 Å². The van der Waals surface area contributed by atoms with Gasteiger partial charge in [-0.15, -0.1) is 11.8 Å². The number of carbonyl (C=O) groups excluding carboxylic acids is 1. The number of para-hydroxylation sites is 1. The van der Waals surface area contributed by atoms with E-state index >= 15 is 0 Å². The molecule has 1 atom stereocenters. The van der Waals surface area contributed by atoms with Gasteiger partial charge in [-0.1, -0.05) is 36.4 Å². The molecule has 0 saturated carbocycles. The molecule has 1 aromatic heterocycles. The fourth-order valence-electron chi connectivity index (χ4n) is 3.12. The molecule has 5 heteroatoms. The molecule has 2 aromatic carbocycles. The van der Waals surface area contributed by atoms with E-state index in [9.17, 15) is 4.79 Å². The summed E-state index contributed by atoms with van der Waals surface area (Å²) in [6.45, 7) is 8.13. The molecule has 0 aliphatic carbocycles. The van der Waals surface area contributed by atoms with Crippen molar-refractivity contribution in [2.45, 2.75) is 37.8 Å². The molecule has 4 nitrogen and oxygen atoms in total. The summed E-state index contributed by atoms with van der Waals surface area (Å²) >= 11 is 1.52. The van der Waals surface area contributed by atoms with E-state index < -0.39 is 0 Å². The number of nitrogens with one attached hydrogen (secondary N) is 1. The summed E-state index contributed by atoms with van der Waals surface area (Å²) in [4.78, 5) is 13.4. The molecule has 1 heterocycles. The Morgan fingerprint density at radius 2 is 1.75 bits per heavy atom. The van der Waals surface area contributed by atoms with E-state index in [-0.39, 0.29) is 11.2 Å². The quantitative estimate of drug-likeness (QED) is 0.364. The van der Waals surface area contributed by atoms with E-state index in [4.69, 9.17) is 0 Å². The van der Waals surface area contributed by atoms with Crippen molar-refractivity contribution in [2.75, 3.05) is 0 Å². The van der Waals surface area contributed by atoms with Gasteiger partial charge in [0.1, 0.15) is 0 Å². The minimum atomic E-state index is -0.223. The number of benzene rings is 2. The van der Waals surface area contributed by atoms with Crippen molar-refractivity contribution < 1.29 is 4.79 Å². The maximum absolute atomic E-state index is 12.3. The van der Waals surface area contributed by atoms with Crippen LogP contribution in [-0.2, 0) is 4.79 Å². The third-order valence-corrected chi connectivity index (χ3v) is 5.74. The molecular weight excluding hydrogens is 366 g/mol. The van der Waals surface area contributed by atoms with Crippen LogP contribution in [0.1, 0.15) is 29.4 Å². The highest BCUT2D eigenvalue weighted by Crippen LogP contribution is 2.23. The first-order valence-corrected chi connectivity index (χ1v) is 10.1. The normalized spacial score (nSPS) is 12.3. The Hall–Kier alpha value is -2.79. The Morgan fingerprint density at radius 1 is 1.07 bits per heavy atom. The fourth-order valence-corrected chi connectivity index (χ4v) is 4.00. The van der Waals surface area contributed by atoms with Gasteiger partial charge in [0.25, 0.3) is 5.91 Å². The summed E-state index contributed by atoms with van der Waals surface area (Å²) in [7, 11) is 0. The minimum Gasteiger partial charge on any atom is -0.318 e. The molecule has 0 aliphatic heterocycles. The zero-order chi connectivity index (χ0) is 20.1. The van der Waals surface area contributed by atoms with Gasteiger partial charge in [-0.3, -0.25) is 4.79 Å². The maximum Gasteiger partial charge on any atom is 0.253 e. The molecule has 0 fully saturated rings. The van der Waals surface area contributed by atoms with Gasteiger partial charge in [0, 0.05) is 27.5 Å². The molecule has 0 spiro atoms. The zero-order valence-electron chi connectivity index (χ0n) is 16.6. The van der Waals surface area contributed by atoms with E-state index in [0.29, 0.717) is 0 Å². The number of hydrogen-bond acceptors (Lipinski definition) is 3. The number of hydrazone groups is 1. The van der Waals surface area contributed by atoms with Crippen LogP contribution in [0.5, 0.6) is 0 Å². The second kappa shape index (κ2) is 8.93. The number of carbonyl (C=O) groups is 1. The second-order valence-electron chi connectivity index (χ2n) is 6.76. The Morgan fingerprint density at radius 3 is 2.46 bits per heavy atom. The van der Waals surface area contributed by atoms with Crippen LogP contribution in [0.2, 0.25) is 0 Å². The van der Waals surface area contributed by atoms with Gasteiger partial charge in [0.05, 0.1) is 11.5 Å². The Kier molecular flexibility index (Phi) is 6.37. The molecule has 0 saturated heterocycles. The predicted molar refractivity (Wildman–Crippen MR) is 117 cm³/mol. The van der Waals surface area contributed by atoms with Gasteiger partial charge in [-0.25, -0.2) is 5.43 Å². The van der Waals surface area contributed by atoms with E-state index in [1.165, 1.54) is 17.3 Å². The first kappa shape index (κ1) is 20.0. The Bertz CT molecular complexity index is 992. The van der Waals surface area contributed by atoms with Gasteiger partial charge < -0.3 is 4.57 Å². The lowest BCUT2D eigenvalue weighted by Gasteiger charge is -2.12. The lowest BCUT2D eigenvalue weighted by molar-refractivity contribution is -0.120. The minimum absolute atomic E-state index is 0.113. The molecule has 0 unspecified atom stereocenters. The van der Waals surface area contributed by atoms with Gasteiger partial charge in [0.2, 0.25) is 0 Å². The monoisotopic (exact) mass is 391 g/mol. The summed E-state index contributed by atoms with van der Waals surface area (Å²) < 4.78 is 2.21. The number of nitrogens with zero attached hydrogens (tertiary/aromatic N) is 2. The van der Waals surface area contributed by atoms with Crippen LogP contribution in [0.4, 0.5) is 0 Å². The summed E-state index contributed by atoms with van der Waals surface area (Å²) in [5.41, 5.74) is 8.25. The van der Waals surface area contributed by atoms with Crippen molar-refractivity contribution in [3.05, 3.63) is 83.2 Å². The number of rotatable bonds is 6. The smallest absolute Gasteiger partial charge is 0.253 e. The molecule has 0 radical (unpaired) electrons. The van der Waals surface area contributed by atoms with Crippen molar-refractivity contribution in [2.24, 2.45) is 5.10 Å². The van der Waals surface area contributed by atoms with E-state index in [1.807, 2.05) is 49.4 Å². The molecule has 1 amide bonds. The number of thioether (sulfide) groups is 1. The molecule has 3 aromatic rings. The van der Waals surface area contributed by atoms with Crippen LogP contribution >= 0.6 is 11.8 Å². The van der Waals surface area contributed by atoms with Crippen molar-refractivity contribution in [1.29, 1.82) is 0 Å². The SMILES string of the molecule is Cc1ccccc1-n1c(C)cc(/C=N\NC(=O)[C@H](C)Sc2ccccc2)c1C. The van der Waals surface area contributed by atoms with Gasteiger partial charge >= 0.3 is 0 Å². The second-order valence-corrected chi connectivity index (χ2v) is 8.17. The highest BCUT2D eigenvalue weighted by molar-refractivity contribution is 8.00. The largest absolute Gasteiger partial charge is 0.318 e. The standard InChI is InChI=1S/C23H25N3OS/c1-16-10-8-9-13-22(16)26-17(2)14-20(18(26)3)15-24-25-23(27)19(4)28-21-11-6-5-7-12-21/h5-15,19H,1-4H3,(H,25,27)/b24-15-/t19-/m0/s1. The van der Waals surface area contributed by atoms with Crippen LogP contribution in [0.3, 0.4) is 0 Å². The molecule has 3 rings (SSSR count). The fraction of sp³-hybridized carbons (Fsp3) is 0.217. The molecular formula is C23H25N3OS. The number of aromatic nitrogens is 1. The van der Waals surface area contributed by atoms with Crippen LogP contribution < -0.4 is 5.43 Å². The molecule has 1 N–H and O–H groups in total. The molecule has 144 valence electrons. The lowest BCUT2D eigenvalue weighted by Crippen LogP contribution is -2.26. The van der Waals surface area contributed by atoms with Crippen LogP contribution in [0.15, 0.2) is 70.7 Å². The highest BCUT2D eigenvalue weighted by atomic mass is 32.2. The first-order chi connectivity index (χ1) is 13.5. The maximum atomic E-state index is 12.3. The molecule has 0 aliphatic rings. The highest BCUT2D eigenvalue weighted by Gasteiger charge is 2.14. The average molecular weight is 392 g/mol. The number of amides is 1. The average Bonchev–Trinajstić information content (AvgIpc) is 2.96. The summed E-state index contributed by atoms with van der Waals surface area (Å²) in [6.07, 6.45) is 1.72. The third kappa shape index (κ3) is 4.54. The van der Waals surface area contributed by atoms with Crippen LogP contribution in [0, 0.1) is 20.8 Å². The van der Waals surface area contributed by atoms with Gasteiger partial charge in [-0.05, 0) is 57.5 Å². The topological polar surface area (TPSA) is 46.4 Å². The zero-order valence-corrected chi connectivity index (χ0v) is 17.5. The van der Waals surface area contributed by atoms with Crippen molar-refractivity contribution >= 4 is 23.9 Å². The summed E-state index contributed by atoms with van der Waals surface area (Å²) in [6, 6.07) is 20.3. The van der Waals surface area contributed by atoms with Gasteiger partial charge in [0.15, 0.2) is 0 Å². The summed E-state index contributed by atoms with van der Waals surface area (Å²) in [5, 5.41) is 3.96. The third-order valence-electron chi connectivity index (χ3n) is 4.63. The lowest BCUT2D eigenvalue weighted by atomic mass is 10.2. The number of aryl methyl sites for hydroxylation is 2. The molecule has 0 bridgehead atoms. The van der Waals surface area contributed by atoms with E-state index in [2.05, 4.69) is 54.1 Å². The number of hydrogen-bond donors (Lipinski definition) is 1. The van der Waals surface area contributed by atoms with Crippen molar-refractivity contribution in [1.82, 2.24) is 9.99 Å². The van der Waals surface area contributed by atoms with Crippen LogP contribution in [0.25, 0.3) is 5.69 Å². The van der Waals surface area contributed by atoms with Crippen molar-refractivity contribution in [3.8, 4) is 5.69 Å².